The van der Waals surface area contributed by atoms with Crippen LogP contribution in [0.1, 0.15) is 25.7 Å². The third-order valence-corrected chi connectivity index (χ3v) is 2.81. The number of nitrogens with two attached hydrogens (primary N) is 1. The molecule has 2 atom stereocenters. The first-order valence-electron chi connectivity index (χ1n) is 4.48. The Morgan fingerprint density at radius 3 is 2.00 bits per heavy atom. The minimum absolute atomic E-state index is 0.139. The summed E-state index contributed by atoms with van der Waals surface area (Å²) in [5.41, 5.74) is 2.32. The number of rotatable bonds is 0. The number of alkyl halides is 6. The molecular weight excluding hydrogens is 224 g/mol. The van der Waals surface area contributed by atoms with Gasteiger partial charge in [0.05, 0.1) is 5.92 Å². The predicted octanol–water partition coefficient (Wildman–Crippen LogP) is 3.00. The molecule has 0 radical (unpaired) electrons. The lowest BCUT2D eigenvalue weighted by molar-refractivity contribution is -0.230. The summed E-state index contributed by atoms with van der Waals surface area (Å²) in [7, 11) is 0. The van der Waals surface area contributed by atoms with Crippen LogP contribution in [0.15, 0.2) is 0 Å². The number of hydrogen-bond acceptors (Lipinski definition) is 1. The van der Waals surface area contributed by atoms with Crippen molar-refractivity contribution in [2.24, 2.45) is 11.7 Å². The van der Waals surface area contributed by atoms with Crippen LogP contribution in [0.2, 0.25) is 0 Å². The Balaban J connectivity index is 2.80. The lowest BCUT2D eigenvalue weighted by atomic mass is 9.75. The van der Waals surface area contributed by atoms with Crippen molar-refractivity contribution in [1.82, 2.24) is 0 Å². The average Bonchev–Trinajstić information content (AvgIpc) is 2.00. The zero-order valence-corrected chi connectivity index (χ0v) is 7.75. The molecule has 1 saturated carbocycles. The van der Waals surface area contributed by atoms with Crippen molar-refractivity contribution in [3.63, 3.8) is 0 Å². The van der Waals surface area contributed by atoms with E-state index in [0.717, 1.165) is 0 Å². The van der Waals surface area contributed by atoms with Crippen LogP contribution in [0.4, 0.5) is 26.3 Å². The van der Waals surface area contributed by atoms with Gasteiger partial charge in [-0.2, -0.15) is 26.3 Å². The van der Waals surface area contributed by atoms with Gasteiger partial charge in [-0.25, -0.2) is 0 Å². The van der Waals surface area contributed by atoms with E-state index in [1.807, 2.05) is 0 Å². The van der Waals surface area contributed by atoms with E-state index in [-0.39, 0.29) is 12.8 Å². The maximum atomic E-state index is 12.4. The highest BCUT2D eigenvalue weighted by molar-refractivity contribution is 4.98. The molecule has 0 spiro atoms. The van der Waals surface area contributed by atoms with Crippen LogP contribution in [0.25, 0.3) is 0 Å². The molecule has 1 aliphatic rings. The normalized spacial score (nSPS) is 34.2. The monoisotopic (exact) mass is 235 g/mol. The number of halogens is 6. The Labute approximate surface area is 82.6 Å². The zero-order chi connectivity index (χ0) is 11.9. The molecule has 0 saturated heterocycles. The molecule has 0 aromatic rings. The summed E-state index contributed by atoms with van der Waals surface area (Å²) in [4.78, 5) is 0. The second kappa shape index (κ2) is 3.54. The van der Waals surface area contributed by atoms with Gasteiger partial charge < -0.3 is 5.73 Å². The molecule has 0 amide bonds. The fraction of sp³-hybridized carbons (Fsp3) is 1.00. The Hall–Kier alpha value is -0.460. The van der Waals surface area contributed by atoms with Crippen molar-refractivity contribution in [2.75, 3.05) is 0 Å². The lowest BCUT2D eigenvalue weighted by Gasteiger charge is -2.39. The van der Waals surface area contributed by atoms with Gasteiger partial charge >= 0.3 is 12.4 Å². The minimum atomic E-state index is -4.77. The molecule has 2 N–H and O–H groups in total. The van der Waals surface area contributed by atoms with Gasteiger partial charge in [0, 0.05) is 0 Å². The van der Waals surface area contributed by atoms with Gasteiger partial charge in [-0.1, -0.05) is 6.42 Å². The predicted molar refractivity (Wildman–Crippen MR) is 41.0 cm³/mol. The Kier molecular flexibility index (Phi) is 2.97. The SMILES string of the molecule is NC1(C(F)(F)F)CCCC(C(F)(F)F)C1. The van der Waals surface area contributed by atoms with E-state index in [4.69, 9.17) is 5.73 Å². The van der Waals surface area contributed by atoms with Crippen molar-refractivity contribution in [1.29, 1.82) is 0 Å². The van der Waals surface area contributed by atoms with Crippen LogP contribution >= 0.6 is 0 Å². The van der Waals surface area contributed by atoms with Crippen LogP contribution in [-0.2, 0) is 0 Å². The van der Waals surface area contributed by atoms with Crippen LogP contribution in [0.3, 0.4) is 0 Å². The molecule has 1 aliphatic carbocycles. The summed E-state index contributed by atoms with van der Waals surface area (Å²) < 4.78 is 73.9. The first-order valence-corrected chi connectivity index (χ1v) is 4.48. The Morgan fingerprint density at radius 1 is 1.07 bits per heavy atom. The second-order valence-corrected chi connectivity index (χ2v) is 3.99. The van der Waals surface area contributed by atoms with E-state index in [0.29, 0.717) is 0 Å². The van der Waals surface area contributed by atoms with Gasteiger partial charge in [0.2, 0.25) is 0 Å². The van der Waals surface area contributed by atoms with Crippen LogP contribution in [0.5, 0.6) is 0 Å². The van der Waals surface area contributed by atoms with Crippen molar-refractivity contribution in [3.8, 4) is 0 Å². The van der Waals surface area contributed by atoms with Gasteiger partial charge in [0.1, 0.15) is 5.54 Å². The fourth-order valence-corrected chi connectivity index (χ4v) is 1.84. The first-order chi connectivity index (χ1) is 6.56. The summed E-state index contributed by atoms with van der Waals surface area (Å²) in [6.07, 6.45) is -11.2. The first kappa shape index (κ1) is 12.6. The summed E-state index contributed by atoms with van der Waals surface area (Å²) >= 11 is 0. The highest BCUT2D eigenvalue weighted by atomic mass is 19.4. The number of hydrogen-bond donors (Lipinski definition) is 1. The molecule has 0 aromatic carbocycles. The summed E-state index contributed by atoms with van der Waals surface area (Å²) in [6.45, 7) is 0. The van der Waals surface area contributed by atoms with Gasteiger partial charge in [-0.3, -0.25) is 0 Å². The van der Waals surface area contributed by atoms with Crippen molar-refractivity contribution < 1.29 is 26.3 Å². The molecule has 2 unspecified atom stereocenters. The van der Waals surface area contributed by atoms with Crippen LogP contribution < -0.4 is 5.73 Å². The Morgan fingerprint density at radius 2 is 1.60 bits per heavy atom. The summed E-state index contributed by atoms with van der Waals surface area (Å²) in [5.74, 6) is -1.93. The van der Waals surface area contributed by atoms with Crippen LogP contribution in [0, 0.1) is 5.92 Å². The zero-order valence-electron chi connectivity index (χ0n) is 7.75. The molecule has 0 aromatic heterocycles. The van der Waals surface area contributed by atoms with Gasteiger partial charge in [-0.15, -0.1) is 0 Å². The molecule has 1 nitrogen and oxygen atoms in total. The third kappa shape index (κ3) is 2.56. The molecular formula is C8H11F6N. The van der Waals surface area contributed by atoms with E-state index in [1.54, 1.807) is 0 Å². The molecule has 15 heavy (non-hydrogen) atoms. The summed E-state index contributed by atoms with van der Waals surface area (Å²) in [6, 6.07) is 0. The summed E-state index contributed by atoms with van der Waals surface area (Å²) in [5, 5.41) is 0. The van der Waals surface area contributed by atoms with E-state index in [1.165, 1.54) is 0 Å². The second-order valence-electron chi connectivity index (χ2n) is 3.99. The van der Waals surface area contributed by atoms with Crippen molar-refractivity contribution in [2.45, 2.75) is 43.6 Å². The topological polar surface area (TPSA) is 26.0 Å². The van der Waals surface area contributed by atoms with E-state index in [9.17, 15) is 26.3 Å². The average molecular weight is 235 g/mol. The molecule has 0 aliphatic heterocycles. The smallest absolute Gasteiger partial charge is 0.318 e. The highest BCUT2D eigenvalue weighted by Crippen LogP contribution is 2.46. The van der Waals surface area contributed by atoms with Crippen molar-refractivity contribution >= 4 is 0 Å². The maximum Gasteiger partial charge on any atom is 0.406 e. The molecule has 7 heteroatoms. The molecule has 0 heterocycles. The molecule has 0 bridgehead atoms. The molecule has 90 valence electrons. The van der Waals surface area contributed by atoms with Gasteiger partial charge in [0.15, 0.2) is 0 Å². The van der Waals surface area contributed by atoms with E-state index >= 15 is 0 Å². The highest BCUT2D eigenvalue weighted by Gasteiger charge is 2.57. The minimum Gasteiger partial charge on any atom is -0.318 e. The van der Waals surface area contributed by atoms with Gasteiger partial charge in [0.25, 0.3) is 0 Å². The standard InChI is InChI=1S/C8H11F6N/c9-7(10,11)5-2-1-3-6(15,4-5)8(12,13)14/h5H,1-4,15H2. The van der Waals surface area contributed by atoms with Crippen LogP contribution in [-0.4, -0.2) is 17.9 Å². The fourth-order valence-electron chi connectivity index (χ4n) is 1.84. The lowest BCUT2D eigenvalue weighted by Crippen LogP contribution is -2.57. The maximum absolute atomic E-state index is 12.4. The van der Waals surface area contributed by atoms with E-state index < -0.39 is 36.7 Å². The Bertz CT molecular complexity index is 232. The third-order valence-electron chi connectivity index (χ3n) is 2.81. The quantitative estimate of drug-likeness (QED) is 0.642. The van der Waals surface area contributed by atoms with Crippen molar-refractivity contribution in [3.05, 3.63) is 0 Å². The molecule has 1 fully saturated rings. The molecule has 1 rings (SSSR count). The largest absolute Gasteiger partial charge is 0.406 e. The van der Waals surface area contributed by atoms with Gasteiger partial charge in [-0.05, 0) is 19.3 Å². The van der Waals surface area contributed by atoms with E-state index in [2.05, 4.69) is 0 Å².